The number of carbonyl (C=O) groups excluding carboxylic acids is 4. The van der Waals surface area contributed by atoms with E-state index in [2.05, 4.69) is 15.6 Å². The summed E-state index contributed by atoms with van der Waals surface area (Å²) < 4.78 is 50.0. The zero-order chi connectivity index (χ0) is 36.3. The third-order valence-electron chi connectivity index (χ3n) is 7.84. The number of alkyl halides is 3. The highest BCUT2D eigenvalue weighted by Gasteiger charge is 2.46. The van der Waals surface area contributed by atoms with Crippen molar-refractivity contribution in [1.29, 1.82) is 0 Å². The van der Waals surface area contributed by atoms with E-state index in [4.69, 9.17) is 9.47 Å². The number of hydrogen-bond acceptors (Lipinski definition) is 8. The fraction of sp³-hybridized carbons (Fsp3) is 0.457. The Morgan fingerprint density at radius 3 is 2.02 bits per heavy atom. The molecule has 0 spiro atoms. The highest BCUT2D eigenvalue weighted by atomic mass is 32.1. The number of hydrogen-bond donors (Lipinski definition) is 3. The van der Waals surface area contributed by atoms with Gasteiger partial charge in [-0.25, -0.2) is 9.59 Å². The van der Waals surface area contributed by atoms with Crippen LogP contribution >= 0.6 is 11.3 Å². The first kappa shape index (κ1) is 38.1. The van der Waals surface area contributed by atoms with Crippen LogP contribution in [0.2, 0.25) is 0 Å². The lowest BCUT2D eigenvalue weighted by Gasteiger charge is -2.29. The molecule has 4 atom stereocenters. The Balaban J connectivity index is 1.51. The van der Waals surface area contributed by atoms with E-state index in [1.807, 2.05) is 66.0 Å². The fourth-order valence-electron chi connectivity index (χ4n) is 5.58. The van der Waals surface area contributed by atoms with Crippen molar-refractivity contribution >= 4 is 35.3 Å². The number of carbonyl (C=O) groups is 4. The number of thiazole rings is 1. The van der Waals surface area contributed by atoms with Crippen LogP contribution in [0.4, 0.5) is 22.8 Å². The van der Waals surface area contributed by atoms with E-state index in [1.54, 1.807) is 32.5 Å². The molecule has 0 radical (unpaired) electrons. The van der Waals surface area contributed by atoms with Crippen LogP contribution in [0.25, 0.3) is 0 Å². The number of alkyl carbamates (subject to hydrolysis) is 1. The zero-order valence-electron chi connectivity index (χ0n) is 28.1. The Morgan fingerprint density at radius 1 is 0.920 bits per heavy atom. The summed E-state index contributed by atoms with van der Waals surface area (Å²) >= 11 is 1.37. The average Bonchev–Trinajstić information content (AvgIpc) is 3.73. The molecule has 15 heteroatoms. The van der Waals surface area contributed by atoms with Gasteiger partial charge in [-0.3, -0.25) is 19.5 Å². The molecule has 1 aliphatic heterocycles. The van der Waals surface area contributed by atoms with Gasteiger partial charge in [0.05, 0.1) is 10.4 Å². The predicted octanol–water partition coefficient (Wildman–Crippen LogP) is 5.54. The summed E-state index contributed by atoms with van der Waals surface area (Å²) in [6, 6.07) is 15.8. The quantitative estimate of drug-likeness (QED) is 0.211. The van der Waals surface area contributed by atoms with Crippen LogP contribution in [-0.2, 0) is 38.5 Å². The molecule has 0 unspecified atom stereocenters. The lowest BCUT2D eigenvalue weighted by Crippen LogP contribution is -2.50. The molecule has 0 bridgehead atoms. The third-order valence-corrected chi connectivity index (χ3v) is 8.59. The summed E-state index contributed by atoms with van der Waals surface area (Å²) in [5.41, 5.74) is 2.60. The lowest BCUT2D eigenvalue weighted by molar-refractivity contribution is -0.174. The van der Waals surface area contributed by atoms with E-state index in [0.717, 1.165) is 20.9 Å². The summed E-state index contributed by atoms with van der Waals surface area (Å²) in [5, 5.41) is 7.84. The SMILES string of the molecule is CC(C)(C)OC(=O)N1C[C@@H](NC(=O)C(F)(F)F)C[C@H]1C(=O)N[C@H](CC[C@H](Cc1ccccc1)NC(=O)OCc1cncs1)Cc1ccccc1. The minimum absolute atomic E-state index is 0.0706. The number of rotatable bonds is 13. The summed E-state index contributed by atoms with van der Waals surface area (Å²) in [5.74, 6) is -2.76. The third kappa shape index (κ3) is 12.3. The first-order chi connectivity index (χ1) is 23.7. The Labute approximate surface area is 292 Å². The van der Waals surface area contributed by atoms with Crippen LogP contribution in [0, 0.1) is 0 Å². The number of aromatic nitrogens is 1. The summed E-state index contributed by atoms with van der Waals surface area (Å²) in [6.45, 7) is 4.61. The second-order valence-corrected chi connectivity index (χ2v) is 14.1. The highest BCUT2D eigenvalue weighted by molar-refractivity contribution is 7.09. The van der Waals surface area contributed by atoms with Crippen molar-refractivity contribution in [3.63, 3.8) is 0 Å². The fourth-order valence-corrected chi connectivity index (χ4v) is 6.09. The molecule has 4 amide bonds. The maximum Gasteiger partial charge on any atom is 0.471 e. The molecule has 270 valence electrons. The van der Waals surface area contributed by atoms with E-state index in [9.17, 15) is 32.3 Å². The summed E-state index contributed by atoms with van der Waals surface area (Å²) in [7, 11) is 0. The number of nitrogens with one attached hydrogen (secondary N) is 3. The van der Waals surface area contributed by atoms with Crippen molar-refractivity contribution in [2.75, 3.05) is 6.54 Å². The van der Waals surface area contributed by atoms with E-state index in [-0.39, 0.29) is 25.6 Å². The maximum absolute atomic E-state index is 13.9. The molecule has 2 heterocycles. The standard InChI is InChI=1S/C35H42F3N5O6S/c1-34(2,3)49-33(47)43-20-27(41-31(45)35(36,37)38)18-29(43)30(44)40-25(16-23-10-6-4-7-11-23)14-15-26(17-24-12-8-5-9-13-24)42-32(46)48-21-28-19-39-22-50-28/h4-13,19,22,25-27,29H,14-18,20-21H2,1-3H3,(H,40,44)(H,41,45)(H,42,46)/t25-,26-,27+,29+/m1/s1. The summed E-state index contributed by atoms with van der Waals surface area (Å²) in [6.07, 6.45) is -3.54. The van der Waals surface area contributed by atoms with Crippen LogP contribution in [0.15, 0.2) is 72.4 Å². The van der Waals surface area contributed by atoms with Crippen LogP contribution in [0.1, 0.15) is 56.0 Å². The minimum Gasteiger partial charge on any atom is -0.444 e. The molecule has 50 heavy (non-hydrogen) atoms. The van der Waals surface area contributed by atoms with Gasteiger partial charge in [-0.2, -0.15) is 13.2 Å². The van der Waals surface area contributed by atoms with Crippen LogP contribution in [0.5, 0.6) is 0 Å². The number of ether oxygens (including phenoxy) is 2. The van der Waals surface area contributed by atoms with Crippen LogP contribution < -0.4 is 16.0 Å². The second kappa shape index (κ2) is 17.3. The van der Waals surface area contributed by atoms with E-state index >= 15 is 0 Å². The number of nitrogens with zero attached hydrogens (tertiary/aromatic N) is 2. The van der Waals surface area contributed by atoms with Crippen molar-refractivity contribution in [2.45, 2.75) is 95.4 Å². The molecule has 1 aliphatic rings. The molecule has 3 aromatic rings. The Kier molecular flexibility index (Phi) is 13.2. The first-order valence-corrected chi connectivity index (χ1v) is 17.1. The first-order valence-electron chi connectivity index (χ1n) is 16.2. The maximum atomic E-state index is 13.9. The molecule has 1 fully saturated rings. The average molecular weight is 718 g/mol. The molecular formula is C35H42F3N5O6S. The highest BCUT2D eigenvalue weighted by Crippen LogP contribution is 2.24. The second-order valence-electron chi connectivity index (χ2n) is 13.1. The topological polar surface area (TPSA) is 139 Å². The molecule has 1 saturated heterocycles. The van der Waals surface area contributed by atoms with Gasteiger partial charge in [-0.05, 0) is 64.0 Å². The van der Waals surface area contributed by atoms with Gasteiger partial charge in [0, 0.05) is 30.9 Å². The van der Waals surface area contributed by atoms with E-state index in [0.29, 0.717) is 25.7 Å². The molecule has 2 aromatic carbocycles. The van der Waals surface area contributed by atoms with Crippen molar-refractivity contribution in [2.24, 2.45) is 0 Å². The molecule has 0 aliphatic carbocycles. The predicted molar refractivity (Wildman–Crippen MR) is 180 cm³/mol. The Morgan fingerprint density at radius 2 is 1.50 bits per heavy atom. The van der Waals surface area contributed by atoms with Crippen molar-refractivity contribution < 1.29 is 41.8 Å². The van der Waals surface area contributed by atoms with Gasteiger partial charge >= 0.3 is 24.3 Å². The molecule has 11 nitrogen and oxygen atoms in total. The molecular weight excluding hydrogens is 675 g/mol. The van der Waals surface area contributed by atoms with Crippen molar-refractivity contribution in [3.05, 3.63) is 88.4 Å². The monoisotopic (exact) mass is 717 g/mol. The smallest absolute Gasteiger partial charge is 0.444 e. The van der Waals surface area contributed by atoms with Crippen molar-refractivity contribution in [3.8, 4) is 0 Å². The minimum atomic E-state index is -5.13. The van der Waals surface area contributed by atoms with Gasteiger partial charge in [0.15, 0.2) is 0 Å². The van der Waals surface area contributed by atoms with Crippen molar-refractivity contribution in [1.82, 2.24) is 25.8 Å². The van der Waals surface area contributed by atoms with E-state index in [1.165, 1.54) is 11.3 Å². The largest absolute Gasteiger partial charge is 0.471 e. The van der Waals surface area contributed by atoms with Gasteiger partial charge in [-0.15, -0.1) is 11.3 Å². The van der Waals surface area contributed by atoms with Gasteiger partial charge in [0.25, 0.3) is 0 Å². The van der Waals surface area contributed by atoms with Gasteiger partial charge < -0.3 is 25.4 Å². The molecule has 1 aromatic heterocycles. The van der Waals surface area contributed by atoms with Gasteiger partial charge in [-0.1, -0.05) is 60.7 Å². The van der Waals surface area contributed by atoms with Crippen LogP contribution in [-0.4, -0.2) is 76.4 Å². The Bertz CT molecular complexity index is 1550. The number of likely N-dealkylation sites (tertiary alicyclic amines) is 1. The lowest BCUT2D eigenvalue weighted by atomic mass is 9.95. The molecule has 4 rings (SSSR count). The number of halogens is 3. The van der Waals surface area contributed by atoms with Gasteiger partial charge in [0.1, 0.15) is 18.2 Å². The van der Waals surface area contributed by atoms with Crippen LogP contribution in [0.3, 0.4) is 0 Å². The number of amides is 4. The Hall–Kier alpha value is -4.66. The molecule has 0 saturated carbocycles. The summed E-state index contributed by atoms with van der Waals surface area (Å²) in [4.78, 5) is 57.4. The zero-order valence-corrected chi connectivity index (χ0v) is 28.9. The normalized spacial score (nSPS) is 17.4. The number of benzene rings is 2. The molecule has 3 N–H and O–H groups in total. The van der Waals surface area contributed by atoms with E-state index < -0.39 is 53.9 Å². The van der Waals surface area contributed by atoms with Gasteiger partial charge in [0.2, 0.25) is 5.91 Å².